The Bertz CT molecular complexity index is 2570. The Labute approximate surface area is 321 Å². The number of benzene rings is 5. The highest BCUT2D eigenvalue weighted by atomic mass is 14.7. The van der Waals surface area contributed by atoms with Crippen molar-refractivity contribution < 1.29 is 0 Å². The third-order valence-electron chi connectivity index (χ3n) is 18.5. The Morgan fingerprint density at radius 3 is 1.21 bits per heavy atom. The summed E-state index contributed by atoms with van der Waals surface area (Å²) in [7, 11) is 0. The molecule has 0 spiro atoms. The van der Waals surface area contributed by atoms with Gasteiger partial charge in [-0.15, -0.1) is 0 Å². The van der Waals surface area contributed by atoms with E-state index in [0.717, 1.165) is 0 Å². The number of hydrogen-bond acceptors (Lipinski definition) is 0. The molecule has 0 heterocycles. The largest absolute Gasteiger partial charge is 0.0616 e. The molecule has 0 aliphatic heterocycles. The van der Waals surface area contributed by atoms with E-state index in [0.29, 0.717) is 41.4 Å². The van der Waals surface area contributed by atoms with Gasteiger partial charge in [-0.05, 0) is 288 Å². The monoisotopic (exact) mass is 701 g/mol. The van der Waals surface area contributed by atoms with E-state index < -0.39 is 0 Å². The number of fused-ring (bicyclic) bond motifs is 8. The van der Waals surface area contributed by atoms with Crippen LogP contribution in [0.3, 0.4) is 0 Å². The molecule has 0 heteroatoms. The fraction of sp³-hybridized carbons (Fsp3) is 0.509. The summed E-state index contributed by atoms with van der Waals surface area (Å²) in [5, 5.41) is 6.28. The third-order valence-corrected chi connectivity index (χ3v) is 18.5. The maximum absolute atomic E-state index is 2.76. The fourth-order valence-corrected chi connectivity index (χ4v) is 14.9. The van der Waals surface area contributed by atoms with Gasteiger partial charge in [0.1, 0.15) is 0 Å². The van der Waals surface area contributed by atoms with Crippen molar-refractivity contribution in [1.82, 2.24) is 0 Å². The van der Waals surface area contributed by atoms with E-state index in [-0.39, 0.29) is 5.41 Å². The minimum Gasteiger partial charge on any atom is -0.0616 e. The van der Waals surface area contributed by atoms with E-state index in [1.54, 1.807) is 82.9 Å². The molecule has 4 aliphatic rings. The highest BCUT2D eigenvalue weighted by Crippen LogP contribution is 2.74. The summed E-state index contributed by atoms with van der Waals surface area (Å²) in [5.74, 6) is 3.80. The molecule has 0 nitrogen and oxygen atoms in total. The Kier molecular flexibility index (Phi) is 7.12. The minimum atomic E-state index is 0.165. The van der Waals surface area contributed by atoms with Crippen molar-refractivity contribution in [1.29, 1.82) is 0 Å². The second-order valence-corrected chi connectivity index (χ2v) is 19.5. The van der Waals surface area contributed by atoms with Gasteiger partial charge in [0.25, 0.3) is 0 Å². The molecule has 1 fully saturated rings. The van der Waals surface area contributed by atoms with Crippen molar-refractivity contribution in [3.8, 4) is 22.3 Å². The van der Waals surface area contributed by atoms with Crippen LogP contribution in [0, 0.1) is 120 Å². The maximum Gasteiger partial charge on any atom is -0.00151 e. The molecule has 0 bridgehead atoms. The molecule has 9 rings (SSSR count). The molecule has 8 atom stereocenters. The lowest BCUT2D eigenvalue weighted by molar-refractivity contribution is -0.0560. The van der Waals surface area contributed by atoms with Gasteiger partial charge in [0.05, 0.1) is 0 Å². The molecule has 0 radical (unpaired) electrons. The van der Waals surface area contributed by atoms with Crippen LogP contribution in [-0.2, 0) is 0 Å². The van der Waals surface area contributed by atoms with Crippen LogP contribution in [0.15, 0.2) is 0 Å². The summed E-state index contributed by atoms with van der Waals surface area (Å²) in [5.41, 5.74) is 34.4. The molecular formula is C53H64. The van der Waals surface area contributed by atoms with Crippen LogP contribution in [0.5, 0.6) is 0 Å². The van der Waals surface area contributed by atoms with E-state index in [9.17, 15) is 0 Å². The van der Waals surface area contributed by atoms with Crippen LogP contribution in [0.25, 0.3) is 43.8 Å². The van der Waals surface area contributed by atoms with E-state index in [1.165, 1.54) is 61.0 Å². The van der Waals surface area contributed by atoms with Crippen LogP contribution in [0.1, 0.15) is 158 Å². The first-order valence-corrected chi connectivity index (χ1v) is 21.0. The summed E-state index contributed by atoms with van der Waals surface area (Å²) in [6.07, 6.45) is 0. The standard InChI is InChI=1S/C53H64/c1-20-24(5)38-25(6)21(2)29(10)43-47-33(14)41-36(17)53(19)37(18)49-45-31(12)23(4)27(8)39-26(7)22(3)30(11)44(51(39)45)48(49)35(16)52(53)34(15)40(41)32(13)46(47)42(28(20)9)50(38)43/h34-37,48-49,52H,1-19H3. The molecule has 0 N–H and O–H groups in total. The number of rotatable bonds is 0. The number of hydrogen-bond donors (Lipinski definition) is 0. The molecule has 1 saturated carbocycles. The topological polar surface area (TPSA) is 0 Å². The van der Waals surface area contributed by atoms with Crippen LogP contribution in [0.2, 0.25) is 0 Å². The van der Waals surface area contributed by atoms with E-state index in [1.807, 2.05) is 0 Å². The first kappa shape index (κ1) is 35.3. The predicted octanol–water partition coefficient (Wildman–Crippen LogP) is 15.0. The average molecular weight is 701 g/mol. The summed E-state index contributed by atoms with van der Waals surface area (Å²) >= 11 is 0. The van der Waals surface area contributed by atoms with E-state index >= 15 is 0 Å². The zero-order valence-corrected chi connectivity index (χ0v) is 36.5. The van der Waals surface area contributed by atoms with Crippen LogP contribution in [0.4, 0.5) is 0 Å². The van der Waals surface area contributed by atoms with E-state index in [2.05, 4.69) is 132 Å². The van der Waals surface area contributed by atoms with Gasteiger partial charge < -0.3 is 0 Å². The molecular weight excluding hydrogens is 637 g/mol. The molecule has 4 aliphatic carbocycles. The van der Waals surface area contributed by atoms with Gasteiger partial charge in [-0.1, -0.05) is 34.6 Å². The molecule has 0 aromatic heterocycles. The third kappa shape index (κ3) is 3.63. The van der Waals surface area contributed by atoms with Gasteiger partial charge in [0, 0.05) is 0 Å². The summed E-state index contributed by atoms with van der Waals surface area (Å²) in [4.78, 5) is 0. The molecule has 5 aromatic rings. The lowest BCUT2D eigenvalue weighted by atomic mass is 9.41. The van der Waals surface area contributed by atoms with Gasteiger partial charge in [-0.3, -0.25) is 0 Å². The second-order valence-electron chi connectivity index (χ2n) is 19.5. The van der Waals surface area contributed by atoms with Crippen molar-refractivity contribution in [3.63, 3.8) is 0 Å². The Morgan fingerprint density at radius 2 is 0.736 bits per heavy atom. The molecule has 53 heavy (non-hydrogen) atoms. The molecule has 0 saturated heterocycles. The SMILES string of the molecule is Cc1c2c(c(C)c3c1C(C)C1C(C)C4c5c(C)c(C)c(C)c6c(C)c(C)c(C)c(c56)C4C(C)C1(C)C3C)-c1c(C)c(C)c(C)c3c(C)c(C)c(C)c-2c13. The lowest BCUT2D eigenvalue weighted by Crippen LogP contribution is -2.54. The van der Waals surface area contributed by atoms with Crippen LogP contribution < -0.4 is 0 Å². The molecule has 5 aromatic carbocycles. The van der Waals surface area contributed by atoms with Gasteiger partial charge in [-0.2, -0.15) is 0 Å². The highest BCUT2D eigenvalue weighted by Gasteiger charge is 2.63. The smallest absolute Gasteiger partial charge is 0.00151 e. The average Bonchev–Trinajstić information content (AvgIpc) is 3.66. The zero-order valence-electron chi connectivity index (χ0n) is 36.5. The van der Waals surface area contributed by atoms with Crippen LogP contribution >= 0.6 is 0 Å². The van der Waals surface area contributed by atoms with Crippen molar-refractivity contribution >= 4 is 21.5 Å². The van der Waals surface area contributed by atoms with Gasteiger partial charge >= 0.3 is 0 Å². The number of aryl methyl sites for hydroxylation is 4. The summed E-state index contributed by atoms with van der Waals surface area (Å²) in [6.45, 7) is 47.4. The van der Waals surface area contributed by atoms with Crippen molar-refractivity contribution in [2.75, 3.05) is 0 Å². The minimum absolute atomic E-state index is 0.165. The molecule has 8 unspecified atom stereocenters. The van der Waals surface area contributed by atoms with Crippen LogP contribution in [-0.4, -0.2) is 0 Å². The highest BCUT2D eigenvalue weighted by molar-refractivity contribution is 6.21. The van der Waals surface area contributed by atoms with E-state index in [4.69, 9.17) is 0 Å². The molecule has 0 amide bonds. The first-order valence-electron chi connectivity index (χ1n) is 21.0. The Morgan fingerprint density at radius 1 is 0.340 bits per heavy atom. The lowest BCUT2D eigenvalue weighted by Gasteiger charge is -2.63. The van der Waals surface area contributed by atoms with Crippen molar-refractivity contribution in [2.45, 2.75) is 155 Å². The van der Waals surface area contributed by atoms with Gasteiger partial charge in [0.2, 0.25) is 0 Å². The van der Waals surface area contributed by atoms with Crippen molar-refractivity contribution in [3.05, 3.63) is 100 Å². The molecule has 276 valence electrons. The normalized spacial score (nSPS) is 27.8. The zero-order chi connectivity index (χ0) is 38.6. The first-order chi connectivity index (χ1) is 24.8. The second kappa shape index (κ2) is 10.7. The summed E-state index contributed by atoms with van der Waals surface area (Å²) in [6, 6.07) is 0. The fourth-order valence-electron chi connectivity index (χ4n) is 14.9. The Balaban J connectivity index is 1.36. The van der Waals surface area contributed by atoms with Gasteiger partial charge in [0.15, 0.2) is 0 Å². The van der Waals surface area contributed by atoms with Crippen molar-refractivity contribution in [2.24, 2.45) is 23.2 Å². The van der Waals surface area contributed by atoms with Gasteiger partial charge in [-0.25, -0.2) is 0 Å². The predicted molar refractivity (Wildman–Crippen MR) is 231 cm³/mol. The Hall–Kier alpha value is -3.38. The quantitative estimate of drug-likeness (QED) is 0.148. The maximum atomic E-state index is 2.76. The summed E-state index contributed by atoms with van der Waals surface area (Å²) < 4.78 is 0.